The first-order valence-corrected chi connectivity index (χ1v) is 6.26. The Labute approximate surface area is 96.8 Å². The van der Waals surface area contributed by atoms with Crippen LogP contribution in [0.25, 0.3) is 0 Å². The molecule has 0 radical (unpaired) electrons. The zero-order valence-corrected chi connectivity index (χ0v) is 9.91. The maximum atomic E-state index is 5.42. The normalized spacial score (nSPS) is 31.8. The van der Waals surface area contributed by atoms with E-state index in [1.807, 2.05) is 6.07 Å². The van der Waals surface area contributed by atoms with Crippen LogP contribution < -0.4 is 5.32 Å². The van der Waals surface area contributed by atoms with Crippen LogP contribution in [0, 0.1) is 5.92 Å². The summed E-state index contributed by atoms with van der Waals surface area (Å²) in [7, 11) is 0. The third-order valence-electron chi connectivity index (χ3n) is 3.95. The largest absolute Gasteiger partial charge is 0.468 e. The minimum atomic E-state index is 0.338. The summed E-state index contributed by atoms with van der Waals surface area (Å²) in [5.74, 6) is 1.98. The van der Waals surface area contributed by atoms with E-state index in [4.69, 9.17) is 4.42 Å². The second kappa shape index (κ2) is 3.90. The molecule has 1 unspecified atom stereocenters. The van der Waals surface area contributed by atoms with Crippen molar-refractivity contribution in [2.45, 2.75) is 31.8 Å². The van der Waals surface area contributed by atoms with E-state index >= 15 is 0 Å². The van der Waals surface area contributed by atoms with Crippen LogP contribution in [0.4, 0.5) is 0 Å². The van der Waals surface area contributed by atoms with E-state index in [1.165, 1.54) is 12.8 Å². The van der Waals surface area contributed by atoms with Crippen molar-refractivity contribution in [1.29, 1.82) is 0 Å². The molecule has 2 aliphatic rings. The maximum absolute atomic E-state index is 5.42. The Morgan fingerprint density at radius 3 is 3.12 bits per heavy atom. The van der Waals surface area contributed by atoms with Crippen LogP contribution in [0.3, 0.4) is 0 Å². The van der Waals surface area contributed by atoms with E-state index in [0.29, 0.717) is 5.54 Å². The lowest BCUT2D eigenvalue weighted by Gasteiger charge is -2.41. The van der Waals surface area contributed by atoms with Gasteiger partial charge in [0.15, 0.2) is 0 Å². The van der Waals surface area contributed by atoms with Gasteiger partial charge in [-0.1, -0.05) is 0 Å². The average Bonchev–Trinajstić information content (AvgIpc) is 3.01. The molecule has 0 aromatic carbocycles. The van der Waals surface area contributed by atoms with E-state index in [1.54, 1.807) is 6.26 Å². The van der Waals surface area contributed by atoms with Crippen molar-refractivity contribution in [3.63, 3.8) is 0 Å². The molecule has 1 aliphatic carbocycles. The SMILES string of the molecule is CC1(C2CC2)CN(Cc2ccco2)CCN1. The molecular weight excluding hydrogens is 200 g/mol. The Balaban J connectivity index is 1.63. The first-order valence-electron chi connectivity index (χ1n) is 6.26. The van der Waals surface area contributed by atoms with Gasteiger partial charge in [0, 0.05) is 25.2 Å². The van der Waals surface area contributed by atoms with E-state index < -0.39 is 0 Å². The number of piperazine rings is 1. The molecule has 3 rings (SSSR count). The van der Waals surface area contributed by atoms with Gasteiger partial charge in [0.1, 0.15) is 5.76 Å². The lowest BCUT2D eigenvalue weighted by atomic mass is 9.93. The molecule has 2 heterocycles. The molecule has 3 nitrogen and oxygen atoms in total. The highest BCUT2D eigenvalue weighted by molar-refractivity contribution is 5.04. The van der Waals surface area contributed by atoms with Gasteiger partial charge in [0.2, 0.25) is 0 Å². The van der Waals surface area contributed by atoms with Crippen LogP contribution in [-0.2, 0) is 6.54 Å². The highest BCUT2D eigenvalue weighted by Gasteiger charge is 2.43. The van der Waals surface area contributed by atoms with Gasteiger partial charge in [-0.2, -0.15) is 0 Å². The van der Waals surface area contributed by atoms with Gasteiger partial charge in [-0.3, -0.25) is 4.90 Å². The second-order valence-electron chi connectivity index (χ2n) is 5.41. The molecule has 88 valence electrons. The fourth-order valence-corrected chi connectivity index (χ4v) is 2.85. The number of nitrogens with zero attached hydrogens (tertiary/aromatic N) is 1. The summed E-state index contributed by atoms with van der Waals surface area (Å²) in [6, 6.07) is 4.04. The molecular formula is C13H20N2O. The fraction of sp³-hybridized carbons (Fsp3) is 0.692. The van der Waals surface area contributed by atoms with Gasteiger partial charge < -0.3 is 9.73 Å². The van der Waals surface area contributed by atoms with Crippen molar-refractivity contribution in [2.75, 3.05) is 19.6 Å². The first-order chi connectivity index (χ1) is 7.76. The van der Waals surface area contributed by atoms with Crippen LogP contribution in [0.15, 0.2) is 22.8 Å². The summed E-state index contributed by atoms with van der Waals surface area (Å²) < 4.78 is 5.42. The van der Waals surface area contributed by atoms with Crippen LogP contribution in [0.5, 0.6) is 0 Å². The van der Waals surface area contributed by atoms with Crippen molar-refractivity contribution in [2.24, 2.45) is 5.92 Å². The van der Waals surface area contributed by atoms with Gasteiger partial charge >= 0.3 is 0 Å². The molecule has 1 aromatic rings. The lowest BCUT2D eigenvalue weighted by molar-refractivity contribution is 0.115. The van der Waals surface area contributed by atoms with Crippen molar-refractivity contribution in [3.05, 3.63) is 24.2 Å². The third kappa shape index (κ3) is 2.02. The minimum absolute atomic E-state index is 0.338. The summed E-state index contributed by atoms with van der Waals surface area (Å²) in [5.41, 5.74) is 0.338. The van der Waals surface area contributed by atoms with Crippen molar-refractivity contribution in [1.82, 2.24) is 10.2 Å². The summed E-state index contributed by atoms with van der Waals surface area (Å²) in [6.07, 6.45) is 4.56. The number of furan rings is 1. The molecule has 1 saturated carbocycles. The zero-order valence-electron chi connectivity index (χ0n) is 9.91. The van der Waals surface area contributed by atoms with Gasteiger partial charge in [-0.05, 0) is 37.8 Å². The van der Waals surface area contributed by atoms with Crippen LogP contribution >= 0.6 is 0 Å². The number of nitrogens with one attached hydrogen (secondary N) is 1. The smallest absolute Gasteiger partial charge is 0.117 e. The molecule has 1 N–H and O–H groups in total. The first kappa shape index (κ1) is 10.4. The van der Waals surface area contributed by atoms with E-state index in [9.17, 15) is 0 Å². The monoisotopic (exact) mass is 220 g/mol. The van der Waals surface area contributed by atoms with E-state index in [-0.39, 0.29) is 0 Å². The van der Waals surface area contributed by atoms with Crippen molar-refractivity contribution < 1.29 is 4.42 Å². The zero-order chi connectivity index (χ0) is 11.0. The Hall–Kier alpha value is -0.800. The van der Waals surface area contributed by atoms with Crippen molar-refractivity contribution >= 4 is 0 Å². The molecule has 3 heteroatoms. The number of hydrogen-bond donors (Lipinski definition) is 1. The van der Waals surface area contributed by atoms with Gasteiger partial charge in [-0.25, -0.2) is 0 Å². The standard InChI is InChI=1S/C13H20N2O/c1-13(11-4-5-11)10-15(7-6-14-13)9-12-3-2-8-16-12/h2-3,8,11,14H,4-7,9-10H2,1H3. The van der Waals surface area contributed by atoms with Crippen LogP contribution in [0.1, 0.15) is 25.5 Å². The lowest BCUT2D eigenvalue weighted by Crippen LogP contribution is -2.59. The topological polar surface area (TPSA) is 28.4 Å². The molecule has 2 fully saturated rings. The average molecular weight is 220 g/mol. The summed E-state index contributed by atoms with van der Waals surface area (Å²) in [4.78, 5) is 2.51. The Morgan fingerprint density at radius 2 is 2.44 bits per heavy atom. The maximum Gasteiger partial charge on any atom is 0.117 e. The summed E-state index contributed by atoms with van der Waals surface area (Å²) >= 11 is 0. The minimum Gasteiger partial charge on any atom is -0.468 e. The van der Waals surface area contributed by atoms with Crippen LogP contribution in [-0.4, -0.2) is 30.1 Å². The predicted octanol–water partition coefficient (Wildman–Crippen LogP) is 1.85. The Bertz CT molecular complexity index is 345. The molecule has 1 aliphatic heterocycles. The molecule has 1 aromatic heterocycles. The van der Waals surface area contributed by atoms with E-state index in [2.05, 4.69) is 23.2 Å². The number of hydrogen-bond acceptors (Lipinski definition) is 3. The predicted molar refractivity (Wildman–Crippen MR) is 63.1 cm³/mol. The fourth-order valence-electron chi connectivity index (χ4n) is 2.85. The van der Waals surface area contributed by atoms with E-state index in [0.717, 1.165) is 37.9 Å². The molecule has 0 bridgehead atoms. The van der Waals surface area contributed by atoms with Crippen molar-refractivity contribution in [3.8, 4) is 0 Å². The van der Waals surface area contributed by atoms with Crippen LogP contribution in [0.2, 0.25) is 0 Å². The molecule has 1 atom stereocenters. The highest BCUT2D eigenvalue weighted by Crippen LogP contribution is 2.40. The highest BCUT2D eigenvalue weighted by atomic mass is 16.3. The third-order valence-corrected chi connectivity index (χ3v) is 3.95. The van der Waals surface area contributed by atoms with Gasteiger partial charge in [0.25, 0.3) is 0 Å². The molecule has 1 saturated heterocycles. The quantitative estimate of drug-likeness (QED) is 0.842. The summed E-state index contributed by atoms with van der Waals surface area (Å²) in [5, 5.41) is 3.69. The second-order valence-corrected chi connectivity index (χ2v) is 5.41. The summed E-state index contributed by atoms with van der Waals surface area (Å²) in [6.45, 7) is 6.71. The van der Waals surface area contributed by atoms with Gasteiger partial charge in [0.05, 0.1) is 12.8 Å². The Morgan fingerprint density at radius 1 is 1.56 bits per heavy atom. The Kier molecular flexibility index (Phi) is 2.52. The number of rotatable bonds is 3. The molecule has 16 heavy (non-hydrogen) atoms. The molecule has 0 amide bonds. The molecule has 0 spiro atoms. The van der Waals surface area contributed by atoms with Gasteiger partial charge in [-0.15, -0.1) is 0 Å².